The first-order chi connectivity index (χ1) is 17.9. The molecule has 0 atom stereocenters. The van der Waals surface area contributed by atoms with Gasteiger partial charge in [0.15, 0.2) is 5.78 Å². The van der Waals surface area contributed by atoms with Crippen molar-refractivity contribution >= 4 is 23.7 Å². The van der Waals surface area contributed by atoms with Crippen LogP contribution in [0.15, 0.2) is 42.5 Å². The molecule has 0 spiro atoms. The predicted molar refractivity (Wildman–Crippen MR) is 142 cm³/mol. The molecule has 0 heterocycles. The molecule has 2 rings (SSSR count). The van der Waals surface area contributed by atoms with Gasteiger partial charge >= 0.3 is 17.9 Å². The lowest BCUT2D eigenvalue weighted by molar-refractivity contribution is -0.134. The molecule has 7 heteroatoms. The van der Waals surface area contributed by atoms with Crippen LogP contribution in [0.2, 0.25) is 0 Å². The minimum atomic E-state index is -1.32. The van der Waals surface area contributed by atoms with Crippen LogP contribution in [-0.4, -0.2) is 28.8 Å². The number of para-hydroxylation sites is 1. The molecule has 2 aromatic rings. The van der Waals surface area contributed by atoms with E-state index < -0.39 is 17.9 Å². The van der Waals surface area contributed by atoms with E-state index in [0.717, 1.165) is 57.8 Å². The van der Waals surface area contributed by atoms with Gasteiger partial charge in [-0.2, -0.15) is 0 Å². The predicted octanol–water partition coefficient (Wildman–Crippen LogP) is 7.41. The molecule has 200 valence electrons. The quantitative estimate of drug-likeness (QED) is 0.102. The fourth-order valence-corrected chi connectivity index (χ4v) is 3.92. The molecule has 0 radical (unpaired) electrons. The van der Waals surface area contributed by atoms with Crippen molar-refractivity contribution in [1.82, 2.24) is 0 Å². The molecule has 0 unspecified atom stereocenters. The van der Waals surface area contributed by atoms with Crippen LogP contribution in [0, 0.1) is 0 Å². The summed E-state index contributed by atoms with van der Waals surface area (Å²) >= 11 is 0. The van der Waals surface area contributed by atoms with E-state index in [1.165, 1.54) is 30.3 Å². The van der Waals surface area contributed by atoms with Gasteiger partial charge in [0.05, 0.1) is 0 Å². The van der Waals surface area contributed by atoms with Gasteiger partial charge in [-0.05, 0) is 43.2 Å². The summed E-state index contributed by atoms with van der Waals surface area (Å²) in [5.74, 6) is -2.90. The number of ketones is 1. The smallest absolute Gasteiger partial charge is 0.347 e. The number of carboxylic acid groups (broad SMARTS) is 1. The highest BCUT2D eigenvalue weighted by Crippen LogP contribution is 2.26. The first-order valence-electron chi connectivity index (χ1n) is 13.3. The Bertz CT molecular complexity index is 1060. The molecular weight excluding hydrogens is 472 g/mol. The molecule has 0 saturated carbocycles. The van der Waals surface area contributed by atoms with Gasteiger partial charge in [0.2, 0.25) is 0 Å². The number of benzene rings is 2. The monoisotopic (exact) mass is 510 g/mol. The lowest BCUT2D eigenvalue weighted by Crippen LogP contribution is -2.16. The number of ether oxygens (including phenoxy) is 2. The maximum atomic E-state index is 12.9. The Balaban J connectivity index is 2.07. The third-order valence-electron chi connectivity index (χ3n) is 6.06. The molecule has 0 aliphatic heterocycles. The van der Waals surface area contributed by atoms with Gasteiger partial charge in [-0.25, -0.2) is 9.59 Å². The minimum Gasteiger partial charge on any atom is -0.478 e. The van der Waals surface area contributed by atoms with Crippen molar-refractivity contribution in [3.8, 4) is 11.5 Å². The molecule has 0 amide bonds. The molecule has 1 N–H and O–H groups in total. The van der Waals surface area contributed by atoms with Crippen molar-refractivity contribution in [2.75, 3.05) is 0 Å². The molecule has 0 bridgehead atoms. The van der Waals surface area contributed by atoms with E-state index in [9.17, 15) is 24.3 Å². The third-order valence-corrected chi connectivity index (χ3v) is 6.06. The van der Waals surface area contributed by atoms with Crippen LogP contribution in [0.3, 0.4) is 0 Å². The van der Waals surface area contributed by atoms with E-state index in [1.54, 1.807) is 12.1 Å². The molecule has 0 saturated heterocycles. The van der Waals surface area contributed by atoms with Crippen molar-refractivity contribution in [3.63, 3.8) is 0 Å². The normalized spacial score (nSPS) is 10.6. The van der Waals surface area contributed by atoms with Crippen LogP contribution >= 0.6 is 0 Å². The Morgan fingerprint density at radius 3 is 1.92 bits per heavy atom. The maximum absolute atomic E-state index is 12.9. The summed E-state index contributed by atoms with van der Waals surface area (Å²) in [5, 5.41) is 9.67. The molecule has 7 nitrogen and oxygen atoms in total. The van der Waals surface area contributed by atoms with Gasteiger partial charge in [-0.1, -0.05) is 77.3 Å². The summed E-state index contributed by atoms with van der Waals surface area (Å²) in [6.45, 7) is 4.24. The molecule has 2 aromatic carbocycles. The average molecular weight is 511 g/mol. The number of hydrogen-bond donors (Lipinski definition) is 1. The topological polar surface area (TPSA) is 107 Å². The SMILES string of the molecule is CCCCCCCC(=O)Oc1ccccc1C(=O)Oc1ccc(C(=O)CCCCCCC)cc1C(=O)O. The Kier molecular flexibility index (Phi) is 13.1. The van der Waals surface area contributed by atoms with Crippen LogP contribution < -0.4 is 9.47 Å². The van der Waals surface area contributed by atoms with Crippen LogP contribution in [0.5, 0.6) is 11.5 Å². The zero-order chi connectivity index (χ0) is 27.0. The number of rotatable bonds is 17. The van der Waals surface area contributed by atoms with E-state index in [4.69, 9.17) is 9.47 Å². The second-order valence-corrected chi connectivity index (χ2v) is 9.13. The van der Waals surface area contributed by atoms with Crippen molar-refractivity contribution < 1.29 is 33.8 Å². The van der Waals surface area contributed by atoms with Gasteiger partial charge in [-0.15, -0.1) is 0 Å². The fraction of sp³-hybridized carbons (Fsp3) is 0.467. The van der Waals surface area contributed by atoms with Gasteiger partial charge in [0.25, 0.3) is 0 Å². The lowest BCUT2D eigenvalue weighted by atomic mass is 10.0. The Morgan fingerprint density at radius 1 is 0.676 bits per heavy atom. The zero-order valence-electron chi connectivity index (χ0n) is 21.9. The number of hydrogen-bond acceptors (Lipinski definition) is 6. The standard InChI is InChI=1S/C30H38O7/c1-3-5-7-9-11-16-25(31)22-19-20-27(24(21-22)29(33)34)37-30(35)23-15-13-14-17-26(23)36-28(32)18-12-10-8-6-4-2/h13-15,17,19-21H,3-12,16,18H2,1-2H3,(H,33,34). The summed E-state index contributed by atoms with van der Waals surface area (Å²) in [6.07, 6.45) is 10.5. The minimum absolute atomic E-state index is 0.00500. The number of aromatic carboxylic acids is 1. The van der Waals surface area contributed by atoms with Gasteiger partial charge < -0.3 is 14.6 Å². The second kappa shape index (κ2) is 16.3. The molecule has 0 aromatic heterocycles. The Labute approximate surface area is 219 Å². The van der Waals surface area contributed by atoms with Crippen LogP contribution in [0.4, 0.5) is 0 Å². The fourth-order valence-electron chi connectivity index (χ4n) is 3.92. The first-order valence-corrected chi connectivity index (χ1v) is 13.3. The number of carboxylic acids is 1. The van der Waals surface area contributed by atoms with E-state index >= 15 is 0 Å². The van der Waals surface area contributed by atoms with Crippen LogP contribution in [0.1, 0.15) is 122 Å². The first kappa shape index (κ1) is 29.7. The van der Waals surface area contributed by atoms with Crippen molar-refractivity contribution in [1.29, 1.82) is 0 Å². The van der Waals surface area contributed by atoms with Gasteiger partial charge in [0.1, 0.15) is 22.6 Å². The molecule has 0 aliphatic carbocycles. The number of Topliss-reactive ketones (excluding diaryl/α,β-unsaturated/α-hetero) is 1. The number of carbonyl (C=O) groups excluding carboxylic acids is 3. The summed E-state index contributed by atoms with van der Waals surface area (Å²) in [7, 11) is 0. The van der Waals surface area contributed by atoms with E-state index in [-0.39, 0.29) is 40.4 Å². The second-order valence-electron chi connectivity index (χ2n) is 9.13. The summed E-state index contributed by atoms with van der Waals surface area (Å²) in [4.78, 5) is 49.5. The van der Waals surface area contributed by atoms with E-state index in [2.05, 4.69) is 13.8 Å². The summed E-state index contributed by atoms with van der Waals surface area (Å²) in [6, 6.07) is 10.2. The molecule has 0 aliphatic rings. The molecule has 0 fully saturated rings. The highest BCUT2D eigenvalue weighted by atomic mass is 16.6. The molecule has 37 heavy (non-hydrogen) atoms. The Morgan fingerprint density at radius 2 is 1.27 bits per heavy atom. The van der Waals surface area contributed by atoms with Crippen LogP contribution in [0.25, 0.3) is 0 Å². The van der Waals surface area contributed by atoms with Crippen LogP contribution in [-0.2, 0) is 4.79 Å². The highest BCUT2D eigenvalue weighted by molar-refractivity contribution is 6.01. The number of unbranched alkanes of at least 4 members (excludes halogenated alkanes) is 8. The average Bonchev–Trinajstić information content (AvgIpc) is 2.88. The largest absolute Gasteiger partial charge is 0.478 e. The van der Waals surface area contributed by atoms with E-state index in [1.807, 2.05) is 0 Å². The number of esters is 2. The highest BCUT2D eigenvalue weighted by Gasteiger charge is 2.21. The Hall–Kier alpha value is -3.48. The van der Waals surface area contributed by atoms with Gasteiger partial charge in [-0.3, -0.25) is 9.59 Å². The third kappa shape index (κ3) is 10.2. The lowest BCUT2D eigenvalue weighted by Gasteiger charge is -2.12. The van der Waals surface area contributed by atoms with Gasteiger partial charge in [0, 0.05) is 18.4 Å². The summed E-state index contributed by atoms with van der Waals surface area (Å²) < 4.78 is 10.8. The number of carbonyl (C=O) groups is 4. The summed E-state index contributed by atoms with van der Waals surface area (Å²) in [5.41, 5.74) is -0.0156. The van der Waals surface area contributed by atoms with Crippen molar-refractivity contribution in [2.24, 2.45) is 0 Å². The van der Waals surface area contributed by atoms with Crippen molar-refractivity contribution in [3.05, 3.63) is 59.2 Å². The van der Waals surface area contributed by atoms with Crippen molar-refractivity contribution in [2.45, 2.75) is 90.9 Å². The zero-order valence-corrected chi connectivity index (χ0v) is 21.9. The maximum Gasteiger partial charge on any atom is 0.347 e. The molecular formula is C30H38O7. The van der Waals surface area contributed by atoms with E-state index in [0.29, 0.717) is 12.8 Å².